The minimum absolute atomic E-state index is 0.0702. The molecule has 1 aliphatic rings. The average Bonchev–Trinajstić information content (AvgIpc) is 3.48. The van der Waals surface area contributed by atoms with Crippen molar-refractivity contribution in [1.82, 2.24) is 14.7 Å². The lowest BCUT2D eigenvalue weighted by molar-refractivity contribution is -0.137. The molecule has 2 aromatic carbocycles. The van der Waals surface area contributed by atoms with Crippen molar-refractivity contribution in [2.75, 3.05) is 31.6 Å². The molecule has 1 amide bonds. The molecule has 180 valence electrons. The van der Waals surface area contributed by atoms with Crippen LogP contribution < -0.4 is 10.1 Å². The van der Waals surface area contributed by atoms with E-state index in [1.165, 1.54) is 25.0 Å². The first-order valence-electron chi connectivity index (χ1n) is 11.3. The number of aromatic nitrogens is 2. The molecule has 4 rings (SSSR count). The summed E-state index contributed by atoms with van der Waals surface area (Å²) in [6, 6.07) is 11.4. The number of nitrogens with zero attached hydrogens (tertiary/aromatic N) is 3. The molecule has 1 aliphatic heterocycles. The van der Waals surface area contributed by atoms with Crippen LogP contribution in [0.4, 0.5) is 18.9 Å². The highest BCUT2D eigenvalue weighted by Gasteiger charge is 2.31. The summed E-state index contributed by atoms with van der Waals surface area (Å²) in [7, 11) is 1.81. The maximum atomic E-state index is 13.0. The third-order valence-corrected chi connectivity index (χ3v) is 5.86. The van der Waals surface area contributed by atoms with Gasteiger partial charge in [0.2, 0.25) is 0 Å². The van der Waals surface area contributed by atoms with Gasteiger partial charge in [-0.1, -0.05) is 6.07 Å². The number of aryl methyl sites for hydroxylation is 1. The van der Waals surface area contributed by atoms with Crippen molar-refractivity contribution in [3.05, 3.63) is 65.9 Å². The van der Waals surface area contributed by atoms with Crippen LogP contribution in [0.1, 0.15) is 35.2 Å². The number of carbonyl (C=O) groups excluding carboxylic acids is 1. The Labute approximate surface area is 196 Å². The van der Waals surface area contributed by atoms with Crippen molar-refractivity contribution >= 4 is 11.6 Å². The number of ether oxygens (including phenoxy) is 1. The molecule has 0 atom stereocenters. The predicted octanol–water partition coefficient (Wildman–Crippen LogP) is 5.22. The molecule has 0 saturated carbocycles. The van der Waals surface area contributed by atoms with Gasteiger partial charge in [-0.15, -0.1) is 0 Å². The second-order valence-electron chi connectivity index (χ2n) is 8.33. The molecule has 0 radical (unpaired) electrons. The Hall–Kier alpha value is -3.33. The van der Waals surface area contributed by atoms with E-state index in [9.17, 15) is 18.0 Å². The van der Waals surface area contributed by atoms with E-state index >= 15 is 0 Å². The zero-order valence-electron chi connectivity index (χ0n) is 18.9. The first kappa shape index (κ1) is 23.8. The van der Waals surface area contributed by atoms with Crippen LogP contribution in [-0.4, -0.2) is 46.8 Å². The van der Waals surface area contributed by atoms with Crippen LogP contribution in [0, 0.1) is 0 Å². The molecule has 0 unspecified atom stereocenters. The minimum Gasteiger partial charge on any atom is -0.493 e. The Morgan fingerprint density at radius 3 is 2.62 bits per heavy atom. The first-order chi connectivity index (χ1) is 16.3. The largest absolute Gasteiger partial charge is 0.493 e. The Morgan fingerprint density at radius 1 is 1.12 bits per heavy atom. The fraction of sp³-hybridized carbons (Fsp3) is 0.360. The molecule has 34 heavy (non-hydrogen) atoms. The summed E-state index contributed by atoms with van der Waals surface area (Å²) in [5.74, 6) is 0.0310. The highest BCUT2D eigenvalue weighted by molar-refractivity contribution is 6.04. The van der Waals surface area contributed by atoms with Gasteiger partial charge >= 0.3 is 6.18 Å². The van der Waals surface area contributed by atoms with E-state index in [0.717, 1.165) is 49.4 Å². The fourth-order valence-electron chi connectivity index (χ4n) is 4.09. The number of halogens is 3. The normalized spacial score (nSPS) is 14.4. The third kappa shape index (κ3) is 5.77. The van der Waals surface area contributed by atoms with E-state index in [2.05, 4.69) is 15.3 Å². The summed E-state index contributed by atoms with van der Waals surface area (Å²) >= 11 is 0. The quantitative estimate of drug-likeness (QED) is 0.457. The summed E-state index contributed by atoms with van der Waals surface area (Å²) in [6.07, 6.45) is 0.550. The van der Waals surface area contributed by atoms with Crippen LogP contribution in [0.3, 0.4) is 0 Å². The standard InChI is InChI=1S/C25H27F3N4O2/c1-31-22(10-11-29-31)21-17-20(8-9-23(21)34-15-5-14-32-12-2-3-13-32)30-24(33)18-6-4-7-19(16-18)25(26,27)28/h4,6-11,16-17H,2-3,5,12-15H2,1H3,(H,30,33). The molecule has 9 heteroatoms. The van der Waals surface area contributed by atoms with Crippen molar-refractivity contribution < 1.29 is 22.7 Å². The van der Waals surface area contributed by atoms with Crippen molar-refractivity contribution in [3.8, 4) is 17.0 Å². The summed E-state index contributed by atoms with van der Waals surface area (Å²) in [4.78, 5) is 15.1. The molecule has 1 N–H and O–H groups in total. The molecule has 1 fully saturated rings. The first-order valence-corrected chi connectivity index (χ1v) is 11.3. The Kier molecular flexibility index (Phi) is 7.21. The summed E-state index contributed by atoms with van der Waals surface area (Å²) in [6.45, 7) is 3.82. The van der Waals surface area contributed by atoms with Crippen LogP contribution >= 0.6 is 0 Å². The fourth-order valence-corrected chi connectivity index (χ4v) is 4.09. The van der Waals surface area contributed by atoms with Gasteiger partial charge in [0.25, 0.3) is 5.91 Å². The van der Waals surface area contributed by atoms with Gasteiger partial charge in [-0.05, 0) is 74.8 Å². The lowest BCUT2D eigenvalue weighted by atomic mass is 10.1. The van der Waals surface area contributed by atoms with Gasteiger partial charge in [-0.2, -0.15) is 18.3 Å². The van der Waals surface area contributed by atoms with E-state index in [1.54, 1.807) is 36.1 Å². The van der Waals surface area contributed by atoms with E-state index in [1.807, 2.05) is 6.07 Å². The van der Waals surface area contributed by atoms with Gasteiger partial charge in [0.05, 0.1) is 17.9 Å². The maximum Gasteiger partial charge on any atom is 0.416 e. The Morgan fingerprint density at radius 2 is 1.91 bits per heavy atom. The minimum atomic E-state index is -4.52. The van der Waals surface area contributed by atoms with Crippen LogP contribution in [0.5, 0.6) is 5.75 Å². The molecule has 1 aromatic heterocycles. The number of benzene rings is 2. The number of anilines is 1. The van der Waals surface area contributed by atoms with Gasteiger partial charge in [-0.25, -0.2) is 0 Å². The van der Waals surface area contributed by atoms with Gasteiger partial charge in [0.15, 0.2) is 0 Å². The molecular formula is C25H27F3N4O2. The van der Waals surface area contributed by atoms with Gasteiger partial charge in [0.1, 0.15) is 5.75 Å². The second-order valence-corrected chi connectivity index (χ2v) is 8.33. The molecule has 6 nitrogen and oxygen atoms in total. The highest BCUT2D eigenvalue weighted by atomic mass is 19.4. The molecule has 0 aliphatic carbocycles. The molecule has 0 bridgehead atoms. The zero-order chi connectivity index (χ0) is 24.1. The average molecular weight is 473 g/mol. The van der Waals surface area contributed by atoms with E-state index < -0.39 is 17.6 Å². The van der Waals surface area contributed by atoms with Gasteiger partial charge < -0.3 is 15.0 Å². The second kappa shape index (κ2) is 10.3. The Bertz CT molecular complexity index is 1140. The monoisotopic (exact) mass is 472 g/mol. The van der Waals surface area contributed by atoms with E-state index in [-0.39, 0.29) is 5.56 Å². The predicted molar refractivity (Wildman–Crippen MR) is 124 cm³/mol. The lowest BCUT2D eigenvalue weighted by Gasteiger charge is -2.17. The lowest BCUT2D eigenvalue weighted by Crippen LogP contribution is -2.22. The van der Waals surface area contributed by atoms with E-state index in [0.29, 0.717) is 18.0 Å². The number of nitrogens with one attached hydrogen (secondary N) is 1. The van der Waals surface area contributed by atoms with Crippen molar-refractivity contribution in [2.45, 2.75) is 25.4 Å². The maximum absolute atomic E-state index is 13.0. The van der Waals surface area contributed by atoms with Crippen molar-refractivity contribution in [2.24, 2.45) is 7.05 Å². The number of hydrogen-bond donors (Lipinski definition) is 1. The zero-order valence-corrected chi connectivity index (χ0v) is 18.9. The van der Waals surface area contributed by atoms with Crippen LogP contribution in [0.2, 0.25) is 0 Å². The highest BCUT2D eigenvalue weighted by Crippen LogP contribution is 2.33. The third-order valence-electron chi connectivity index (χ3n) is 5.86. The molecular weight excluding hydrogens is 445 g/mol. The SMILES string of the molecule is Cn1nccc1-c1cc(NC(=O)c2cccc(C(F)(F)F)c2)ccc1OCCCN1CCCC1. The van der Waals surface area contributed by atoms with Gasteiger partial charge in [0, 0.05) is 36.6 Å². The van der Waals surface area contributed by atoms with Crippen molar-refractivity contribution in [3.63, 3.8) is 0 Å². The number of carbonyl (C=O) groups is 1. The number of amides is 1. The number of rotatable bonds is 8. The number of hydrogen-bond acceptors (Lipinski definition) is 4. The van der Waals surface area contributed by atoms with Crippen LogP contribution in [0.15, 0.2) is 54.7 Å². The molecule has 1 saturated heterocycles. The summed E-state index contributed by atoms with van der Waals surface area (Å²) < 4.78 is 46.8. The topological polar surface area (TPSA) is 59.4 Å². The smallest absolute Gasteiger partial charge is 0.416 e. The molecule has 0 spiro atoms. The molecule has 3 aromatic rings. The van der Waals surface area contributed by atoms with Crippen LogP contribution in [-0.2, 0) is 13.2 Å². The van der Waals surface area contributed by atoms with Gasteiger partial charge in [-0.3, -0.25) is 9.48 Å². The van der Waals surface area contributed by atoms with E-state index in [4.69, 9.17) is 4.74 Å². The molecule has 2 heterocycles. The number of likely N-dealkylation sites (tertiary alicyclic amines) is 1. The summed E-state index contributed by atoms with van der Waals surface area (Å²) in [5, 5.41) is 6.91. The Balaban J connectivity index is 1.50. The number of alkyl halides is 3. The van der Waals surface area contributed by atoms with Crippen molar-refractivity contribution in [1.29, 1.82) is 0 Å². The van der Waals surface area contributed by atoms with Crippen LogP contribution in [0.25, 0.3) is 11.3 Å². The summed E-state index contributed by atoms with van der Waals surface area (Å²) in [5.41, 5.74) is 1.04.